The predicted octanol–water partition coefficient (Wildman–Crippen LogP) is 3.87. The van der Waals surface area contributed by atoms with Crippen molar-refractivity contribution in [3.63, 3.8) is 0 Å². The molecule has 2 bridgehead atoms. The normalized spacial score (nSPS) is 28.4. The van der Waals surface area contributed by atoms with E-state index in [0.717, 1.165) is 55.6 Å². The average molecular weight is 512 g/mol. The van der Waals surface area contributed by atoms with Gasteiger partial charge in [-0.15, -0.1) is 6.58 Å². The summed E-state index contributed by atoms with van der Waals surface area (Å²) in [5.41, 5.74) is 5.28. The molecule has 2 heterocycles. The number of benzene rings is 2. The number of ether oxygens (including phenoxy) is 1. The second-order valence-electron chi connectivity index (χ2n) is 11.7. The number of phenolic OH excluding ortho intramolecular Hbond substituents is 1. The van der Waals surface area contributed by atoms with Crippen LogP contribution in [0.1, 0.15) is 41.5 Å². The van der Waals surface area contributed by atoms with Gasteiger partial charge in [-0.25, -0.2) is 0 Å². The lowest BCUT2D eigenvalue weighted by Gasteiger charge is -2.60. The second-order valence-corrected chi connectivity index (χ2v) is 11.7. The molecular weight excluding hydrogens is 474 g/mol. The quantitative estimate of drug-likeness (QED) is 0.499. The van der Waals surface area contributed by atoms with Gasteiger partial charge in [0, 0.05) is 67.9 Å². The van der Waals surface area contributed by atoms with Crippen LogP contribution in [0.15, 0.2) is 43.0 Å². The van der Waals surface area contributed by atoms with Crippen molar-refractivity contribution < 1.29 is 14.6 Å². The molecule has 6 nitrogen and oxygen atoms in total. The number of likely N-dealkylation sites (N-methyl/N-ethyl adjacent to an activating group) is 1. The number of hydrogen-bond acceptors (Lipinski definition) is 5. The average Bonchev–Trinajstić information content (AvgIpc) is 3.24. The fourth-order valence-corrected chi connectivity index (χ4v) is 7.94. The Kier molecular flexibility index (Phi) is 5.96. The van der Waals surface area contributed by atoms with Crippen LogP contribution in [0.5, 0.6) is 11.5 Å². The summed E-state index contributed by atoms with van der Waals surface area (Å²) in [4.78, 5) is 19.8. The van der Waals surface area contributed by atoms with E-state index in [9.17, 15) is 9.90 Å². The fourth-order valence-electron chi connectivity index (χ4n) is 7.94. The molecule has 4 aliphatic rings. The maximum absolute atomic E-state index is 13.4. The minimum atomic E-state index is -0.226. The van der Waals surface area contributed by atoms with E-state index in [1.165, 1.54) is 11.1 Å². The van der Waals surface area contributed by atoms with Crippen molar-refractivity contribution >= 4 is 11.6 Å². The summed E-state index contributed by atoms with van der Waals surface area (Å²) in [6.45, 7) is 7.87. The Morgan fingerprint density at radius 3 is 2.84 bits per heavy atom. The Bertz CT molecular complexity index is 1370. The Hall–Kier alpha value is -3.43. The molecule has 1 N–H and O–H groups in total. The first-order chi connectivity index (χ1) is 18.3. The van der Waals surface area contributed by atoms with E-state index < -0.39 is 0 Å². The van der Waals surface area contributed by atoms with Gasteiger partial charge in [0.15, 0.2) is 11.5 Å². The second kappa shape index (κ2) is 9.10. The number of aryl methyl sites for hydroxylation is 1. The van der Waals surface area contributed by atoms with Crippen LogP contribution in [0, 0.1) is 24.7 Å². The number of anilines is 1. The summed E-state index contributed by atoms with van der Waals surface area (Å²) in [7, 11) is 5.93. The van der Waals surface area contributed by atoms with Gasteiger partial charge in [-0.3, -0.25) is 9.69 Å². The molecule has 2 aromatic carbocycles. The van der Waals surface area contributed by atoms with Gasteiger partial charge in [-0.2, -0.15) is 0 Å². The van der Waals surface area contributed by atoms with E-state index in [-0.39, 0.29) is 29.2 Å². The highest BCUT2D eigenvalue weighted by Gasteiger charge is 2.66. The highest BCUT2D eigenvalue weighted by Crippen LogP contribution is 2.65. The molecule has 0 aromatic heterocycles. The standard InChI is InChI=1S/C32H37N3O3/c1-6-15-35-16-14-32-23-11-12-24(34(5)28(37)13-10-21-9-7-8-20(2)17-21)31(32)38-30-27(36)19-25(33(3)4)22(29(30)32)18-26(23)35/h6-9,17,19,23-24,26,31,36H,1,11-12,14-16,18H2,2-5H3/t23-,24+,26+,31-,32-/m0/s1. The van der Waals surface area contributed by atoms with Gasteiger partial charge in [-0.05, 0) is 68.3 Å². The fraction of sp³-hybridized carbons (Fsp3) is 0.469. The number of likely N-dealkylation sites (tertiary alicyclic amines) is 1. The number of phenols is 1. The first-order valence-electron chi connectivity index (χ1n) is 13.7. The lowest BCUT2D eigenvalue weighted by molar-refractivity contribution is -0.134. The third kappa shape index (κ3) is 3.55. The summed E-state index contributed by atoms with van der Waals surface area (Å²) in [6, 6.07) is 10.0. The number of rotatable bonds is 4. The van der Waals surface area contributed by atoms with Gasteiger partial charge in [0.2, 0.25) is 0 Å². The Labute approximate surface area is 225 Å². The SMILES string of the molecule is C=CCN1CC[C@]23c4c5c(N(C)C)cc(O)c4O[C@H]2[C@H](N(C)C(=O)C#Cc2cccc(C)c2)CC[C@H]3[C@H]1C5. The summed E-state index contributed by atoms with van der Waals surface area (Å²) in [5, 5.41) is 11.2. The molecule has 1 amide bonds. The molecule has 2 aliphatic carbocycles. The highest BCUT2D eigenvalue weighted by molar-refractivity contribution is 5.94. The summed E-state index contributed by atoms with van der Waals surface area (Å²) < 4.78 is 6.75. The minimum Gasteiger partial charge on any atom is -0.504 e. The zero-order chi connectivity index (χ0) is 26.8. The Morgan fingerprint density at radius 1 is 1.29 bits per heavy atom. The lowest BCUT2D eigenvalue weighted by atomic mass is 9.50. The van der Waals surface area contributed by atoms with Crippen LogP contribution in [0.2, 0.25) is 0 Å². The minimum absolute atomic E-state index is 0.113. The van der Waals surface area contributed by atoms with Gasteiger partial charge in [0.25, 0.3) is 5.91 Å². The van der Waals surface area contributed by atoms with E-state index in [1.807, 2.05) is 64.5 Å². The van der Waals surface area contributed by atoms with Crippen molar-refractivity contribution in [2.45, 2.75) is 56.2 Å². The van der Waals surface area contributed by atoms with Gasteiger partial charge in [0.05, 0.1) is 6.04 Å². The molecule has 38 heavy (non-hydrogen) atoms. The molecular formula is C32H37N3O3. The van der Waals surface area contributed by atoms with Gasteiger partial charge in [0.1, 0.15) is 6.10 Å². The number of carbonyl (C=O) groups excluding carboxylic acids is 1. The molecule has 1 saturated heterocycles. The number of nitrogens with zero attached hydrogens (tertiary/aromatic N) is 3. The van der Waals surface area contributed by atoms with Gasteiger partial charge >= 0.3 is 0 Å². The largest absolute Gasteiger partial charge is 0.504 e. The summed E-state index contributed by atoms with van der Waals surface area (Å²) in [6.07, 6.45) is 5.55. The molecule has 0 radical (unpaired) electrons. The van der Waals surface area contributed by atoms with E-state index in [1.54, 1.807) is 4.90 Å². The molecule has 6 heteroatoms. The number of hydrogen-bond donors (Lipinski definition) is 1. The van der Waals surface area contributed by atoms with Crippen molar-refractivity contribution in [2.24, 2.45) is 5.92 Å². The predicted molar refractivity (Wildman–Crippen MR) is 150 cm³/mol. The maximum Gasteiger partial charge on any atom is 0.298 e. The van der Waals surface area contributed by atoms with Crippen LogP contribution in [0.25, 0.3) is 0 Å². The number of amides is 1. The summed E-state index contributed by atoms with van der Waals surface area (Å²) >= 11 is 0. The molecule has 198 valence electrons. The van der Waals surface area contributed by atoms with Gasteiger partial charge < -0.3 is 19.6 Å². The number of carbonyl (C=O) groups is 1. The third-order valence-electron chi connectivity index (χ3n) is 9.50. The van der Waals surface area contributed by atoms with E-state index in [4.69, 9.17) is 4.74 Å². The van der Waals surface area contributed by atoms with Crippen LogP contribution < -0.4 is 9.64 Å². The van der Waals surface area contributed by atoms with Crippen LogP contribution in [-0.2, 0) is 16.6 Å². The highest BCUT2D eigenvalue weighted by atomic mass is 16.5. The zero-order valence-corrected chi connectivity index (χ0v) is 22.8. The van der Waals surface area contributed by atoms with E-state index in [2.05, 4.69) is 28.2 Å². The van der Waals surface area contributed by atoms with Crippen molar-refractivity contribution in [1.29, 1.82) is 0 Å². The number of piperidine rings is 1. The smallest absolute Gasteiger partial charge is 0.298 e. The van der Waals surface area contributed by atoms with Crippen LogP contribution in [-0.4, -0.2) is 73.2 Å². The first-order valence-corrected chi connectivity index (χ1v) is 13.7. The molecule has 1 spiro atoms. The topological polar surface area (TPSA) is 56.2 Å². The zero-order valence-electron chi connectivity index (χ0n) is 22.8. The molecule has 6 rings (SSSR count). The molecule has 5 atom stereocenters. The molecule has 0 unspecified atom stereocenters. The van der Waals surface area contributed by atoms with Crippen molar-refractivity contribution in [1.82, 2.24) is 9.80 Å². The van der Waals surface area contributed by atoms with E-state index >= 15 is 0 Å². The van der Waals surface area contributed by atoms with Crippen molar-refractivity contribution in [3.8, 4) is 23.3 Å². The van der Waals surface area contributed by atoms with Gasteiger partial charge in [-0.1, -0.05) is 24.1 Å². The Morgan fingerprint density at radius 2 is 2.11 bits per heavy atom. The molecule has 2 aromatic rings. The number of aromatic hydroxyl groups is 1. The maximum atomic E-state index is 13.4. The molecule has 2 aliphatic heterocycles. The summed E-state index contributed by atoms with van der Waals surface area (Å²) in [5.74, 6) is 6.99. The Balaban J connectivity index is 1.41. The molecule has 2 fully saturated rings. The first kappa shape index (κ1) is 24.9. The molecule has 1 saturated carbocycles. The van der Waals surface area contributed by atoms with Crippen molar-refractivity contribution in [2.75, 3.05) is 39.1 Å². The lowest BCUT2D eigenvalue weighted by Crippen LogP contribution is -2.68. The van der Waals surface area contributed by atoms with Crippen LogP contribution >= 0.6 is 0 Å². The monoisotopic (exact) mass is 511 g/mol. The van der Waals surface area contributed by atoms with Crippen LogP contribution in [0.3, 0.4) is 0 Å². The third-order valence-corrected chi connectivity index (χ3v) is 9.50. The van der Waals surface area contributed by atoms with E-state index in [0.29, 0.717) is 17.7 Å². The van der Waals surface area contributed by atoms with Crippen molar-refractivity contribution in [3.05, 3.63) is 65.2 Å². The van der Waals surface area contributed by atoms with Crippen LogP contribution in [0.4, 0.5) is 5.69 Å².